The molecule has 0 aliphatic heterocycles. The van der Waals surface area contributed by atoms with Gasteiger partial charge in [-0.2, -0.15) is 8.78 Å². The van der Waals surface area contributed by atoms with Crippen molar-refractivity contribution in [3.05, 3.63) is 12.4 Å². The highest BCUT2D eigenvalue weighted by molar-refractivity contribution is 7.91. The molecule has 13 heavy (non-hydrogen) atoms. The molecule has 8 heteroatoms. The standard InChI is InChI=1S/C5H5F2N3O2S/c6-4(7)13(11,12)3-1-9-5(8)10-2-3/h1-2,4H,(H2,8,9,10). The van der Waals surface area contributed by atoms with Crippen LogP contribution in [-0.4, -0.2) is 24.1 Å². The van der Waals surface area contributed by atoms with Gasteiger partial charge in [0.15, 0.2) is 0 Å². The van der Waals surface area contributed by atoms with E-state index in [4.69, 9.17) is 5.73 Å². The molecule has 5 nitrogen and oxygen atoms in total. The Morgan fingerprint density at radius 2 is 1.77 bits per heavy atom. The first-order chi connectivity index (χ1) is 5.94. The Kier molecular flexibility index (Phi) is 2.41. The van der Waals surface area contributed by atoms with Gasteiger partial charge in [0.05, 0.1) is 12.4 Å². The van der Waals surface area contributed by atoms with Gasteiger partial charge in [0.25, 0.3) is 0 Å². The van der Waals surface area contributed by atoms with Gasteiger partial charge in [-0.15, -0.1) is 0 Å². The van der Waals surface area contributed by atoms with Gasteiger partial charge in [-0.3, -0.25) is 0 Å². The Bertz CT molecular complexity index is 389. The van der Waals surface area contributed by atoms with Gasteiger partial charge in [0.1, 0.15) is 4.90 Å². The second-order valence-electron chi connectivity index (χ2n) is 2.08. The molecule has 1 aromatic heterocycles. The minimum atomic E-state index is -4.61. The number of rotatable bonds is 2. The lowest BCUT2D eigenvalue weighted by Crippen LogP contribution is -2.12. The molecule has 0 unspecified atom stereocenters. The normalized spacial score (nSPS) is 11.9. The van der Waals surface area contributed by atoms with Crippen LogP contribution in [0.25, 0.3) is 0 Å². The molecule has 0 aliphatic carbocycles. The van der Waals surface area contributed by atoms with E-state index in [1.807, 2.05) is 0 Å². The van der Waals surface area contributed by atoms with Gasteiger partial charge >= 0.3 is 5.76 Å². The zero-order valence-electron chi connectivity index (χ0n) is 6.18. The summed E-state index contributed by atoms with van der Waals surface area (Å²) in [4.78, 5) is 5.92. The van der Waals surface area contributed by atoms with E-state index in [1.54, 1.807) is 0 Å². The Hall–Kier alpha value is -1.31. The van der Waals surface area contributed by atoms with E-state index in [0.717, 1.165) is 12.4 Å². The Labute approximate surface area is 72.5 Å². The molecule has 0 bridgehead atoms. The van der Waals surface area contributed by atoms with Crippen LogP contribution >= 0.6 is 0 Å². The molecule has 0 fully saturated rings. The van der Waals surface area contributed by atoms with Crippen LogP contribution in [0.3, 0.4) is 0 Å². The number of nitrogen functional groups attached to an aromatic ring is 1. The Morgan fingerprint density at radius 3 is 2.15 bits per heavy atom. The molecule has 0 aromatic carbocycles. The van der Waals surface area contributed by atoms with E-state index in [9.17, 15) is 17.2 Å². The molecule has 0 amide bonds. The van der Waals surface area contributed by atoms with Crippen molar-refractivity contribution < 1.29 is 17.2 Å². The largest absolute Gasteiger partial charge is 0.368 e. The summed E-state index contributed by atoms with van der Waals surface area (Å²) in [5, 5.41) is 0. The minimum absolute atomic E-state index is 0.173. The fraction of sp³-hybridized carbons (Fsp3) is 0.200. The molecule has 1 heterocycles. The number of halogens is 2. The number of nitrogens with two attached hydrogens (primary N) is 1. The second kappa shape index (κ2) is 3.21. The van der Waals surface area contributed by atoms with Crippen LogP contribution in [0.2, 0.25) is 0 Å². The van der Waals surface area contributed by atoms with Crippen LogP contribution in [0, 0.1) is 0 Å². The van der Waals surface area contributed by atoms with Crippen LogP contribution in [0.4, 0.5) is 14.7 Å². The maximum atomic E-state index is 11.9. The number of nitrogens with zero attached hydrogens (tertiary/aromatic N) is 2. The van der Waals surface area contributed by atoms with Gasteiger partial charge in [0, 0.05) is 0 Å². The van der Waals surface area contributed by atoms with Crippen molar-refractivity contribution in [3.8, 4) is 0 Å². The SMILES string of the molecule is Nc1ncc(S(=O)(=O)C(F)F)cn1. The minimum Gasteiger partial charge on any atom is -0.368 e. The summed E-state index contributed by atoms with van der Waals surface area (Å²) in [5.74, 6) is -3.65. The quantitative estimate of drug-likeness (QED) is 0.744. The zero-order valence-corrected chi connectivity index (χ0v) is 7.00. The van der Waals surface area contributed by atoms with Crippen LogP contribution in [0.1, 0.15) is 0 Å². The lowest BCUT2D eigenvalue weighted by Gasteiger charge is -2.00. The van der Waals surface area contributed by atoms with E-state index >= 15 is 0 Å². The number of sulfone groups is 1. The molecule has 1 aromatic rings. The van der Waals surface area contributed by atoms with E-state index in [2.05, 4.69) is 9.97 Å². The molecule has 2 N–H and O–H groups in total. The molecule has 72 valence electrons. The van der Waals surface area contributed by atoms with Crippen LogP contribution < -0.4 is 5.73 Å². The summed E-state index contributed by atoms with van der Waals surface area (Å²) >= 11 is 0. The van der Waals surface area contributed by atoms with Crippen LogP contribution in [-0.2, 0) is 9.84 Å². The fourth-order valence-corrected chi connectivity index (χ4v) is 1.18. The lowest BCUT2D eigenvalue weighted by molar-refractivity contribution is 0.234. The number of hydrogen-bond acceptors (Lipinski definition) is 5. The maximum absolute atomic E-state index is 11.9. The van der Waals surface area contributed by atoms with Crippen LogP contribution in [0.5, 0.6) is 0 Å². The average molecular weight is 209 g/mol. The van der Waals surface area contributed by atoms with Gasteiger partial charge in [-0.1, -0.05) is 0 Å². The molecule has 0 saturated heterocycles. The van der Waals surface area contributed by atoms with Crippen molar-refractivity contribution in [2.75, 3.05) is 5.73 Å². The number of anilines is 1. The average Bonchev–Trinajstić information content (AvgIpc) is 2.04. The topological polar surface area (TPSA) is 85.9 Å². The third-order valence-corrected chi connectivity index (χ3v) is 2.55. The first kappa shape index (κ1) is 9.78. The van der Waals surface area contributed by atoms with Crippen molar-refractivity contribution in [2.45, 2.75) is 10.7 Å². The molecule has 0 atom stereocenters. The first-order valence-electron chi connectivity index (χ1n) is 3.04. The lowest BCUT2D eigenvalue weighted by atomic mass is 10.7. The van der Waals surface area contributed by atoms with Gasteiger partial charge in [-0.05, 0) is 0 Å². The summed E-state index contributed by atoms with van der Waals surface area (Å²) in [7, 11) is -4.61. The summed E-state index contributed by atoms with van der Waals surface area (Å²) in [6.45, 7) is 0. The van der Waals surface area contributed by atoms with Gasteiger partial charge in [-0.25, -0.2) is 18.4 Å². The molecular formula is C5H5F2N3O2S. The fourth-order valence-electron chi connectivity index (χ4n) is 0.576. The summed E-state index contributed by atoms with van der Waals surface area (Å²) in [5.41, 5.74) is 5.04. The van der Waals surface area contributed by atoms with Crippen molar-refractivity contribution in [3.63, 3.8) is 0 Å². The van der Waals surface area contributed by atoms with E-state index in [1.165, 1.54) is 0 Å². The highest BCUT2D eigenvalue weighted by Crippen LogP contribution is 2.15. The van der Waals surface area contributed by atoms with E-state index < -0.39 is 20.5 Å². The number of alkyl halides is 2. The van der Waals surface area contributed by atoms with Crippen molar-refractivity contribution >= 4 is 15.8 Å². The number of hydrogen-bond donors (Lipinski definition) is 1. The Morgan fingerprint density at radius 1 is 1.31 bits per heavy atom. The molecule has 0 aliphatic rings. The predicted octanol–water partition coefficient (Wildman–Crippen LogP) is 0.0551. The number of aromatic nitrogens is 2. The molecule has 0 spiro atoms. The summed E-state index contributed by atoms with van der Waals surface area (Å²) < 4.78 is 45.4. The highest BCUT2D eigenvalue weighted by atomic mass is 32.2. The maximum Gasteiger partial charge on any atom is 0.341 e. The highest BCUT2D eigenvalue weighted by Gasteiger charge is 2.27. The summed E-state index contributed by atoms with van der Waals surface area (Å²) in [6.07, 6.45) is 1.48. The summed E-state index contributed by atoms with van der Waals surface area (Å²) in [6, 6.07) is 0. The third-order valence-electron chi connectivity index (χ3n) is 1.21. The third kappa shape index (κ3) is 1.89. The first-order valence-corrected chi connectivity index (χ1v) is 4.59. The predicted molar refractivity (Wildman–Crippen MR) is 39.6 cm³/mol. The Balaban J connectivity index is 3.17. The molecule has 0 radical (unpaired) electrons. The van der Waals surface area contributed by atoms with Gasteiger partial charge < -0.3 is 5.73 Å². The smallest absolute Gasteiger partial charge is 0.341 e. The van der Waals surface area contributed by atoms with E-state index in [-0.39, 0.29) is 5.95 Å². The molecular weight excluding hydrogens is 204 g/mol. The van der Waals surface area contributed by atoms with Gasteiger partial charge in [0.2, 0.25) is 15.8 Å². The van der Waals surface area contributed by atoms with Crippen molar-refractivity contribution in [2.24, 2.45) is 0 Å². The van der Waals surface area contributed by atoms with Crippen LogP contribution in [0.15, 0.2) is 17.3 Å². The molecule has 0 saturated carbocycles. The van der Waals surface area contributed by atoms with E-state index in [0.29, 0.717) is 0 Å². The monoisotopic (exact) mass is 209 g/mol. The van der Waals surface area contributed by atoms with Crippen molar-refractivity contribution in [1.82, 2.24) is 9.97 Å². The second-order valence-corrected chi connectivity index (χ2v) is 4.00. The molecule has 1 rings (SSSR count). The van der Waals surface area contributed by atoms with Crippen molar-refractivity contribution in [1.29, 1.82) is 0 Å². The zero-order chi connectivity index (χ0) is 10.1.